The molecular weight excluding hydrogens is 406 g/mol. The van der Waals surface area contributed by atoms with Crippen LogP contribution in [-0.4, -0.2) is 16.7 Å². The topological polar surface area (TPSA) is 46.4 Å². The lowest BCUT2D eigenvalue weighted by Crippen LogP contribution is -2.20. The zero-order chi connectivity index (χ0) is 23.6. The van der Waals surface area contributed by atoms with Gasteiger partial charge in [-0.2, -0.15) is 5.10 Å². The van der Waals surface area contributed by atoms with E-state index in [0.717, 1.165) is 28.2 Å². The molecule has 1 amide bonds. The molecule has 1 N–H and O–H groups in total. The van der Waals surface area contributed by atoms with Crippen LogP contribution in [0.25, 0.3) is 16.5 Å². The Hall–Kier alpha value is -3.66. The molecular formula is C29H31N3O. The molecule has 33 heavy (non-hydrogen) atoms. The minimum atomic E-state index is -0.127. The first kappa shape index (κ1) is 22.5. The van der Waals surface area contributed by atoms with Crippen LogP contribution in [0.15, 0.2) is 77.9 Å². The van der Waals surface area contributed by atoms with Gasteiger partial charge in [0, 0.05) is 22.3 Å². The number of aromatic nitrogens is 1. The molecule has 168 valence electrons. The highest BCUT2D eigenvalue weighted by Crippen LogP contribution is 2.27. The Kier molecular flexibility index (Phi) is 6.19. The average molecular weight is 438 g/mol. The summed E-state index contributed by atoms with van der Waals surface area (Å²) in [6.07, 6.45) is 2.03. The maximum Gasteiger partial charge on any atom is 0.244 e. The Labute approximate surface area is 196 Å². The zero-order valence-electron chi connectivity index (χ0n) is 20.0. The molecule has 1 aromatic heterocycles. The molecule has 3 aromatic carbocycles. The first-order valence-corrected chi connectivity index (χ1v) is 11.3. The monoisotopic (exact) mass is 437 g/mol. The van der Waals surface area contributed by atoms with Crippen molar-refractivity contribution < 1.29 is 4.79 Å². The Morgan fingerprint density at radius 2 is 1.67 bits per heavy atom. The van der Waals surface area contributed by atoms with Crippen molar-refractivity contribution in [1.82, 2.24) is 9.99 Å². The number of rotatable bonds is 5. The number of aryl methyl sites for hydroxylation is 1. The van der Waals surface area contributed by atoms with Gasteiger partial charge in [-0.15, -0.1) is 0 Å². The van der Waals surface area contributed by atoms with Gasteiger partial charge >= 0.3 is 0 Å². The van der Waals surface area contributed by atoms with Crippen LogP contribution >= 0.6 is 0 Å². The summed E-state index contributed by atoms with van der Waals surface area (Å²) in [4.78, 5) is 12.4. The third-order valence-electron chi connectivity index (χ3n) is 6.06. The van der Waals surface area contributed by atoms with Gasteiger partial charge in [-0.3, -0.25) is 4.79 Å². The summed E-state index contributed by atoms with van der Waals surface area (Å²) in [7, 11) is 0. The molecule has 0 saturated carbocycles. The molecule has 1 heterocycles. The van der Waals surface area contributed by atoms with Gasteiger partial charge in [0.2, 0.25) is 5.91 Å². The van der Waals surface area contributed by atoms with E-state index in [4.69, 9.17) is 0 Å². The number of carbonyl (C=O) groups excluding carboxylic acids is 1. The lowest BCUT2D eigenvalue weighted by Gasteiger charge is -2.19. The number of benzene rings is 3. The largest absolute Gasteiger partial charge is 0.317 e. The number of hydrazone groups is 1. The van der Waals surface area contributed by atoms with E-state index in [0.29, 0.717) is 6.42 Å². The smallest absolute Gasteiger partial charge is 0.244 e. The van der Waals surface area contributed by atoms with Crippen molar-refractivity contribution >= 4 is 22.9 Å². The number of nitrogens with zero attached hydrogens (tertiary/aromatic N) is 2. The van der Waals surface area contributed by atoms with Crippen molar-refractivity contribution in [3.8, 4) is 5.69 Å². The van der Waals surface area contributed by atoms with E-state index in [9.17, 15) is 4.79 Å². The minimum Gasteiger partial charge on any atom is -0.317 e. The standard InChI is InChI=1S/C29H31N3O/c1-20-17-24(21(2)32(20)27-12-8-10-23-9-6-7-11-26(23)27)19-30-31-28(33)18-22-13-15-25(16-14-22)29(3,4)5/h6-17,19H,18H2,1-5H3,(H,31,33)/b30-19-. The molecule has 0 unspecified atom stereocenters. The van der Waals surface area contributed by atoms with E-state index in [1.54, 1.807) is 6.21 Å². The van der Waals surface area contributed by atoms with Gasteiger partial charge in [0.1, 0.15) is 0 Å². The van der Waals surface area contributed by atoms with E-state index in [-0.39, 0.29) is 11.3 Å². The second kappa shape index (κ2) is 9.07. The Balaban J connectivity index is 1.48. The van der Waals surface area contributed by atoms with Crippen LogP contribution in [0, 0.1) is 13.8 Å². The maximum absolute atomic E-state index is 12.4. The van der Waals surface area contributed by atoms with E-state index < -0.39 is 0 Å². The molecule has 4 rings (SSSR count). The van der Waals surface area contributed by atoms with Crippen LogP contribution in [0.2, 0.25) is 0 Å². The molecule has 0 aliphatic rings. The third kappa shape index (κ3) is 4.90. The van der Waals surface area contributed by atoms with Crippen molar-refractivity contribution in [1.29, 1.82) is 0 Å². The van der Waals surface area contributed by atoms with E-state index in [2.05, 4.69) is 110 Å². The van der Waals surface area contributed by atoms with Crippen LogP contribution in [0.1, 0.15) is 48.8 Å². The molecule has 4 nitrogen and oxygen atoms in total. The molecule has 0 radical (unpaired) electrons. The second-order valence-electron chi connectivity index (χ2n) is 9.58. The SMILES string of the molecule is Cc1cc(/C=N\NC(=O)Cc2ccc(C(C)(C)C)cc2)c(C)n1-c1cccc2ccccc12. The fraction of sp³-hybridized carbons (Fsp3) is 0.241. The van der Waals surface area contributed by atoms with Gasteiger partial charge in [0.15, 0.2) is 0 Å². The van der Waals surface area contributed by atoms with Gasteiger partial charge in [-0.25, -0.2) is 5.43 Å². The van der Waals surface area contributed by atoms with Crippen LogP contribution in [-0.2, 0) is 16.6 Å². The first-order valence-electron chi connectivity index (χ1n) is 11.3. The Morgan fingerprint density at radius 3 is 2.39 bits per heavy atom. The minimum absolute atomic E-state index is 0.101. The normalized spacial score (nSPS) is 11.9. The highest BCUT2D eigenvalue weighted by molar-refractivity contribution is 5.91. The predicted molar refractivity (Wildman–Crippen MR) is 137 cm³/mol. The van der Waals surface area contributed by atoms with E-state index >= 15 is 0 Å². The fourth-order valence-electron chi connectivity index (χ4n) is 4.21. The fourth-order valence-corrected chi connectivity index (χ4v) is 4.21. The lowest BCUT2D eigenvalue weighted by molar-refractivity contribution is -0.120. The van der Waals surface area contributed by atoms with Gasteiger partial charge in [0.05, 0.1) is 18.3 Å². The van der Waals surface area contributed by atoms with Gasteiger partial charge in [-0.05, 0) is 47.9 Å². The van der Waals surface area contributed by atoms with Crippen molar-refractivity contribution in [2.45, 2.75) is 46.5 Å². The lowest BCUT2D eigenvalue weighted by atomic mass is 9.86. The predicted octanol–water partition coefficient (Wildman–Crippen LogP) is 6.24. The molecule has 0 atom stereocenters. The summed E-state index contributed by atoms with van der Waals surface area (Å²) in [6, 6.07) is 25.0. The molecule has 0 aliphatic heterocycles. The number of hydrogen-bond acceptors (Lipinski definition) is 2. The van der Waals surface area contributed by atoms with Gasteiger partial charge in [-0.1, -0.05) is 81.4 Å². The summed E-state index contributed by atoms with van der Waals surface area (Å²) in [5.41, 5.74) is 9.33. The molecule has 0 spiro atoms. The Bertz CT molecular complexity index is 1320. The highest BCUT2D eigenvalue weighted by atomic mass is 16.2. The second-order valence-corrected chi connectivity index (χ2v) is 9.58. The summed E-state index contributed by atoms with van der Waals surface area (Å²) >= 11 is 0. The number of hydrogen-bond donors (Lipinski definition) is 1. The number of fused-ring (bicyclic) bond motifs is 1. The summed E-state index contributed by atoms with van der Waals surface area (Å²) in [5, 5.41) is 6.64. The number of amides is 1. The Morgan fingerprint density at radius 1 is 0.970 bits per heavy atom. The van der Waals surface area contributed by atoms with Crippen LogP contribution < -0.4 is 5.43 Å². The van der Waals surface area contributed by atoms with Crippen molar-refractivity contribution in [2.75, 3.05) is 0 Å². The first-order chi connectivity index (χ1) is 15.7. The summed E-state index contributed by atoms with van der Waals surface area (Å²) in [5.74, 6) is -0.127. The quantitative estimate of drug-likeness (QED) is 0.292. The number of carbonyl (C=O) groups is 1. The van der Waals surface area contributed by atoms with Crippen LogP contribution in [0.5, 0.6) is 0 Å². The maximum atomic E-state index is 12.4. The van der Waals surface area contributed by atoms with E-state index in [1.807, 2.05) is 12.1 Å². The van der Waals surface area contributed by atoms with E-state index in [1.165, 1.54) is 16.3 Å². The third-order valence-corrected chi connectivity index (χ3v) is 6.06. The molecule has 0 aliphatic carbocycles. The molecule has 4 heteroatoms. The van der Waals surface area contributed by atoms with Gasteiger partial charge in [0.25, 0.3) is 0 Å². The van der Waals surface area contributed by atoms with Crippen LogP contribution in [0.4, 0.5) is 0 Å². The van der Waals surface area contributed by atoms with Crippen molar-refractivity contribution in [3.63, 3.8) is 0 Å². The zero-order valence-corrected chi connectivity index (χ0v) is 20.0. The molecule has 0 saturated heterocycles. The summed E-state index contributed by atoms with van der Waals surface area (Å²) in [6.45, 7) is 10.7. The molecule has 0 fully saturated rings. The molecule has 4 aromatic rings. The molecule has 0 bridgehead atoms. The van der Waals surface area contributed by atoms with Crippen molar-refractivity contribution in [2.24, 2.45) is 5.10 Å². The number of nitrogens with one attached hydrogen (secondary N) is 1. The average Bonchev–Trinajstić information content (AvgIpc) is 3.06. The van der Waals surface area contributed by atoms with Crippen LogP contribution in [0.3, 0.4) is 0 Å². The van der Waals surface area contributed by atoms with Crippen molar-refractivity contribution in [3.05, 3.63) is 101 Å². The highest BCUT2D eigenvalue weighted by Gasteiger charge is 2.14. The van der Waals surface area contributed by atoms with Gasteiger partial charge < -0.3 is 4.57 Å². The summed E-state index contributed by atoms with van der Waals surface area (Å²) < 4.78 is 2.24.